The van der Waals surface area contributed by atoms with Crippen molar-refractivity contribution in [1.29, 1.82) is 0 Å². The Bertz CT molecular complexity index is 1050. The summed E-state index contributed by atoms with van der Waals surface area (Å²) in [6.45, 7) is 3.80. The zero-order valence-corrected chi connectivity index (χ0v) is 17.9. The molecule has 0 aliphatic carbocycles. The number of aliphatic hydroxyl groups is 1. The highest BCUT2D eigenvalue weighted by Crippen LogP contribution is 2.27. The quantitative estimate of drug-likeness (QED) is 0.176. The Morgan fingerprint density at radius 2 is 1.77 bits per heavy atom. The van der Waals surface area contributed by atoms with Gasteiger partial charge in [-0.15, -0.1) is 0 Å². The van der Waals surface area contributed by atoms with Crippen LogP contribution >= 0.6 is 12.2 Å². The van der Waals surface area contributed by atoms with Gasteiger partial charge < -0.3 is 25.8 Å². The first kappa shape index (κ1) is 23.7. The van der Waals surface area contributed by atoms with Gasteiger partial charge in [-0.2, -0.15) is 5.10 Å². The largest absolute Gasteiger partial charge is 0.508 e. The number of rotatable bonds is 9. The lowest BCUT2D eigenvalue weighted by Crippen LogP contribution is -2.25. The van der Waals surface area contributed by atoms with E-state index in [0.717, 1.165) is 16.7 Å². The number of aliphatic hydroxyl groups excluding tert-OH is 1. The minimum absolute atomic E-state index is 0.0407. The summed E-state index contributed by atoms with van der Waals surface area (Å²) in [5.74, 6) is 0.471. The highest BCUT2D eigenvalue weighted by atomic mass is 32.1. The molecule has 162 valence electrons. The number of nitrogens with two attached hydrogens (primary N) is 1. The van der Waals surface area contributed by atoms with Crippen molar-refractivity contribution in [3.8, 4) is 17.2 Å². The second-order valence-electron chi connectivity index (χ2n) is 6.56. The van der Waals surface area contributed by atoms with Crippen LogP contribution in [0.4, 0.5) is 0 Å². The van der Waals surface area contributed by atoms with Crippen molar-refractivity contribution >= 4 is 35.2 Å². The van der Waals surface area contributed by atoms with Gasteiger partial charge in [-0.3, -0.25) is 5.43 Å². The molecule has 0 saturated carbocycles. The molecular weight excluding hydrogens is 414 g/mol. The fourth-order valence-corrected chi connectivity index (χ4v) is 2.64. The first-order valence-electron chi connectivity index (χ1n) is 9.28. The molecule has 8 heteroatoms. The van der Waals surface area contributed by atoms with Gasteiger partial charge in [-0.1, -0.05) is 36.9 Å². The molecule has 0 saturated heterocycles. The molecule has 0 bridgehead atoms. The maximum Gasteiger partial charge on any atom is 0.184 e. The lowest BCUT2D eigenvalue weighted by atomic mass is 10.1. The number of thiocarbonyl (C=S) groups is 1. The highest BCUT2D eigenvalue weighted by Gasteiger charge is 2.03. The van der Waals surface area contributed by atoms with E-state index in [1.807, 2.05) is 18.2 Å². The number of phenolic OH excluding ortho intramolecular Hbond substituents is 1. The lowest BCUT2D eigenvalue weighted by Gasteiger charge is -2.06. The SMILES string of the molecule is C=C(/C=C/c1ccc(O)c(CO)c1)CC(/C=C/c1ccc(O)c(OC)c1)=N/NC(N)=S. The summed E-state index contributed by atoms with van der Waals surface area (Å²) in [4.78, 5) is 0. The van der Waals surface area contributed by atoms with Crippen LogP contribution in [0.2, 0.25) is 0 Å². The van der Waals surface area contributed by atoms with Crippen molar-refractivity contribution in [2.24, 2.45) is 10.8 Å². The Hall–Kier alpha value is -3.62. The summed E-state index contributed by atoms with van der Waals surface area (Å²) in [7, 11) is 1.48. The maximum atomic E-state index is 9.72. The van der Waals surface area contributed by atoms with Gasteiger partial charge in [0.05, 0.1) is 19.4 Å². The van der Waals surface area contributed by atoms with Crippen molar-refractivity contribution < 1.29 is 20.1 Å². The van der Waals surface area contributed by atoms with Crippen LogP contribution in [0.3, 0.4) is 0 Å². The second kappa shape index (κ2) is 11.5. The van der Waals surface area contributed by atoms with Gasteiger partial charge in [0.25, 0.3) is 0 Å². The van der Waals surface area contributed by atoms with Crippen LogP contribution in [0, 0.1) is 0 Å². The Balaban J connectivity index is 2.15. The summed E-state index contributed by atoms with van der Waals surface area (Å²) in [6.07, 6.45) is 7.64. The van der Waals surface area contributed by atoms with Crippen LogP contribution in [0.5, 0.6) is 17.2 Å². The van der Waals surface area contributed by atoms with Crippen LogP contribution in [0.1, 0.15) is 23.1 Å². The van der Waals surface area contributed by atoms with Gasteiger partial charge in [0, 0.05) is 12.0 Å². The zero-order chi connectivity index (χ0) is 22.8. The molecule has 2 aromatic rings. The third-order valence-electron chi connectivity index (χ3n) is 4.18. The van der Waals surface area contributed by atoms with Crippen LogP contribution in [0.25, 0.3) is 12.2 Å². The molecule has 0 fully saturated rings. The number of phenols is 2. The van der Waals surface area contributed by atoms with E-state index in [-0.39, 0.29) is 23.2 Å². The number of nitrogens with one attached hydrogen (secondary N) is 1. The van der Waals surface area contributed by atoms with E-state index in [4.69, 9.17) is 22.7 Å². The van der Waals surface area contributed by atoms with Gasteiger partial charge in [-0.25, -0.2) is 0 Å². The molecule has 0 atom stereocenters. The van der Waals surface area contributed by atoms with Crippen molar-refractivity contribution in [2.45, 2.75) is 13.0 Å². The highest BCUT2D eigenvalue weighted by molar-refractivity contribution is 7.80. The van der Waals surface area contributed by atoms with E-state index in [0.29, 0.717) is 23.4 Å². The summed E-state index contributed by atoms with van der Waals surface area (Å²) in [6, 6.07) is 9.94. The number of ether oxygens (including phenoxy) is 1. The summed E-state index contributed by atoms with van der Waals surface area (Å²) >= 11 is 4.82. The van der Waals surface area contributed by atoms with E-state index < -0.39 is 0 Å². The molecule has 31 heavy (non-hydrogen) atoms. The average molecular weight is 440 g/mol. The van der Waals surface area contributed by atoms with Crippen LogP contribution in [-0.2, 0) is 6.61 Å². The fraction of sp³-hybridized carbons (Fsp3) is 0.130. The van der Waals surface area contributed by atoms with Crippen molar-refractivity contribution in [3.63, 3.8) is 0 Å². The molecule has 0 aromatic heterocycles. The lowest BCUT2D eigenvalue weighted by molar-refractivity contribution is 0.275. The molecule has 7 nitrogen and oxygen atoms in total. The number of aromatic hydroxyl groups is 2. The molecule has 0 unspecified atom stereocenters. The van der Waals surface area contributed by atoms with Crippen LogP contribution in [0.15, 0.2) is 65.8 Å². The minimum atomic E-state index is -0.247. The summed E-state index contributed by atoms with van der Waals surface area (Å²) < 4.78 is 5.12. The smallest absolute Gasteiger partial charge is 0.184 e. The number of hydrogen-bond acceptors (Lipinski definition) is 6. The van der Waals surface area contributed by atoms with Crippen LogP contribution in [-0.4, -0.2) is 33.3 Å². The normalized spacial score (nSPS) is 11.7. The molecule has 0 heterocycles. The number of hydrazone groups is 1. The third kappa shape index (κ3) is 7.61. The van der Waals surface area contributed by atoms with Gasteiger partial charge in [0.2, 0.25) is 0 Å². The number of allylic oxidation sites excluding steroid dienone is 3. The topological polar surface area (TPSA) is 120 Å². The Morgan fingerprint density at radius 3 is 2.42 bits per heavy atom. The molecule has 0 radical (unpaired) electrons. The Morgan fingerprint density at radius 1 is 1.13 bits per heavy atom. The predicted molar refractivity (Wildman–Crippen MR) is 128 cm³/mol. The molecule has 0 aliphatic heterocycles. The Labute approximate surface area is 186 Å². The van der Waals surface area contributed by atoms with Crippen LogP contribution < -0.4 is 15.9 Å². The van der Waals surface area contributed by atoms with Crippen molar-refractivity contribution in [1.82, 2.24) is 5.43 Å². The van der Waals surface area contributed by atoms with Gasteiger partial charge in [-0.05, 0) is 59.3 Å². The fourth-order valence-electron chi connectivity index (χ4n) is 2.59. The van der Waals surface area contributed by atoms with E-state index in [9.17, 15) is 15.3 Å². The number of methoxy groups -OCH3 is 1. The molecule has 2 rings (SSSR count). The van der Waals surface area contributed by atoms with Crippen molar-refractivity contribution in [3.05, 3.63) is 77.4 Å². The standard InChI is InChI=1S/C23H25N3O4S/c1-15(3-4-16-6-9-20(28)18(12-16)14-27)11-19(25-26-23(24)31)8-5-17-7-10-21(29)22(13-17)30-2/h3-10,12-13,27-29H,1,11,14H2,2H3,(H3,24,26,31)/b4-3+,8-5+,25-19+. The third-order valence-corrected chi connectivity index (χ3v) is 4.27. The minimum Gasteiger partial charge on any atom is -0.508 e. The molecular formula is C23H25N3O4S. The summed E-state index contributed by atoms with van der Waals surface area (Å²) in [5, 5.41) is 32.9. The van der Waals surface area contributed by atoms with E-state index >= 15 is 0 Å². The number of nitrogens with zero attached hydrogens (tertiary/aromatic N) is 1. The van der Waals surface area contributed by atoms with E-state index in [1.54, 1.807) is 36.4 Å². The maximum absolute atomic E-state index is 9.72. The van der Waals surface area contributed by atoms with Gasteiger partial charge in [0.15, 0.2) is 16.6 Å². The molecule has 6 N–H and O–H groups in total. The molecule has 0 aliphatic rings. The second-order valence-corrected chi connectivity index (χ2v) is 7.00. The monoisotopic (exact) mass is 439 g/mol. The molecule has 2 aromatic carbocycles. The summed E-state index contributed by atoms with van der Waals surface area (Å²) in [5.41, 5.74) is 11.5. The Kier molecular flexibility index (Phi) is 8.80. The van der Waals surface area contributed by atoms with Gasteiger partial charge >= 0.3 is 0 Å². The van der Waals surface area contributed by atoms with E-state index in [2.05, 4.69) is 17.1 Å². The first-order valence-corrected chi connectivity index (χ1v) is 9.69. The van der Waals surface area contributed by atoms with Gasteiger partial charge in [0.1, 0.15) is 5.75 Å². The number of hydrogen-bond donors (Lipinski definition) is 5. The molecule has 0 amide bonds. The first-order chi connectivity index (χ1) is 14.8. The predicted octanol–water partition coefficient (Wildman–Crippen LogP) is 3.46. The van der Waals surface area contributed by atoms with E-state index in [1.165, 1.54) is 13.2 Å². The average Bonchev–Trinajstić information content (AvgIpc) is 2.75. The molecule has 0 spiro atoms. The van der Waals surface area contributed by atoms with Crippen molar-refractivity contribution in [2.75, 3.05) is 7.11 Å². The number of benzene rings is 2. The zero-order valence-electron chi connectivity index (χ0n) is 17.1.